The van der Waals surface area contributed by atoms with Crippen LogP contribution in [0.5, 0.6) is 0 Å². The summed E-state index contributed by atoms with van der Waals surface area (Å²) in [5, 5.41) is 3.00. The topological polar surface area (TPSA) is 41.6 Å². The highest BCUT2D eigenvalue weighted by Gasteiger charge is 2.25. The Bertz CT molecular complexity index is 209. The van der Waals surface area contributed by atoms with E-state index in [0.29, 0.717) is 6.04 Å². The summed E-state index contributed by atoms with van der Waals surface area (Å²) in [5.74, 6) is -0.171. The van der Waals surface area contributed by atoms with Gasteiger partial charge in [-0.15, -0.1) is 0 Å². The third-order valence-electron chi connectivity index (χ3n) is 3.19. The van der Waals surface area contributed by atoms with E-state index in [4.69, 9.17) is 4.74 Å². The van der Waals surface area contributed by atoms with Gasteiger partial charge in [-0.25, -0.2) is 0 Å². The van der Waals surface area contributed by atoms with Gasteiger partial charge in [-0.3, -0.25) is 9.69 Å². The molecular formula is C11H22N2O2. The standard InChI is InChI=1S/C11H22N2O2/c1-9-6-4-5-7-13(9)8-10(12-2)11(14)15-3/h9-10,12H,4-8H2,1-3H3. The van der Waals surface area contributed by atoms with Crippen molar-refractivity contribution in [3.8, 4) is 0 Å². The van der Waals surface area contributed by atoms with E-state index in [-0.39, 0.29) is 12.0 Å². The van der Waals surface area contributed by atoms with Crippen LogP contribution in [0.1, 0.15) is 26.2 Å². The number of nitrogens with zero attached hydrogens (tertiary/aromatic N) is 1. The van der Waals surface area contributed by atoms with Crippen LogP contribution in [0, 0.1) is 0 Å². The molecule has 2 unspecified atom stereocenters. The lowest BCUT2D eigenvalue weighted by molar-refractivity contribution is -0.143. The van der Waals surface area contributed by atoms with E-state index < -0.39 is 0 Å². The van der Waals surface area contributed by atoms with Gasteiger partial charge in [-0.1, -0.05) is 6.42 Å². The van der Waals surface area contributed by atoms with Gasteiger partial charge in [0.2, 0.25) is 0 Å². The Kier molecular flexibility index (Phi) is 5.05. The van der Waals surface area contributed by atoms with Crippen molar-refractivity contribution in [2.75, 3.05) is 27.2 Å². The molecule has 0 amide bonds. The number of ether oxygens (including phenoxy) is 1. The van der Waals surface area contributed by atoms with Crippen LogP contribution in [0.3, 0.4) is 0 Å². The molecule has 1 heterocycles. The minimum Gasteiger partial charge on any atom is -0.468 e. The highest BCUT2D eigenvalue weighted by molar-refractivity contribution is 5.75. The van der Waals surface area contributed by atoms with Gasteiger partial charge in [-0.2, -0.15) is 0 Å². The fraction of sp³-hybridized carbons (Fsp3) is 0.909. The van der Waals surface area contributed by atoms with Crippen molar-refractivity contribution >= 4 is 5.97 Å². The first-order valence-corrected chi connectivity index (χ1v) is 5.68. The zero-order valence-electron chi connectivity index (χ0n) is 9.95. The molecule has 1 aliphatic rings. The van der Waals surface area contributed by atoms with E-state index >= 15 is 0 Å². The molecule has 0 bridgehead atoms. The Morgan fingerprint density at radius 3 is 2.87 bits per heavy atom. The van der Waals surface area contributed by atoms with Crippen molar-refractivity contribution in [1.82, 2.24) is 10.2 Å². The average molecular weight is 214 g/mol. The van der Waals surface area contributed by atoms with Crippen LogP contribution in [0.15, 0.2) is 0 Å². The SMILES string of the molecule is CNC(CN1CCCCC1C)C(=O)OC. The lowest BCUT2D eigenvalue weighted by atomic mass is 10.0. The number of rotatable bonds is 4. The molecule has 15 heavy (non-hydrogen) atoms. The number of hydrogen-bond acceptors (Lipinski definition) is 4. The number of nitrogens with one attached hydrogen (secondary N) is 1. The number of carbonyl (C=O) groups excluding carboxylic acids is 1. The fourth-order valence-electron chi connectivity index (χ4n) is 2.09. The summed E-state index contributed by atoms with van der Waals surface area (Å²) in [6.07, 6.45) is 3.78. The first-order valence-electron chi connectivity index (χ1n) is 5.68. The molecule has 0 aromatic heterocycles. The van der Waals surface area contributed by atoms with Crippen molar-refractivity contribution < 1.29 is 9.53 Å². The van der Waals surface area contributed by atoms with Gasteiger partial charge in [-0.05, 0) is 33.4 Å². The van der Waals surface area contributed by atoms with Crippen LogP contribution in [-0.2, 0) is 9.53 Å². The normalized spacial score (nSPS) is 24.9. The fourth-order valence-corrected chi connectivity index (χ4v) is 2.09. The van der Waals surface area contributed by atoms with Gasteiger partial charge in [0.25, 0.3) is 0 Å². The molecule has 1 fully saturated rings. The maximum Gasteiger partial charge on any atom is 0.324 e. The van der Waals surface area contributed by atoms with Gasteiger partial charge >= 0.3 is 5.97 Å². The lowest BCUT2D eigenvalue weighted by Crippen LogP contribution is -2.49. The van der Waals surface area contributed by atoms with Gasteiger partial charge in [0.15, 0.2) is 0 Å². The highest BCUT2D eigenvalue weighted by atomic mass is 16.5. The van der Waals surface area contributed by atoms with Crippen molar-refractivity contribution in [1.29, 1.82) is 0 Å². The van der Waals surface area contributed by atoms with Crippen LogP contribution < -0.4 is 5.32 Å². The average Bonchev–Trinajstić information content (AvgIpc) is 2.27. The molecule has 0 aliphatic carbocycles. The minimum absolute atomic E-state index is 0.171. The largest absolute Gasteiger partial charge is 0.468 e. The van der Waals surface area contributed by atoms with Gasteiger partial charge in [0.05, 0.1) is 7.11 Å². The van der Waals surface area contributed by atoms with Crippen LogP contribution in [0.25, 0.3) is 0 Å². The van der Waals surface area contributed by atoms with Crippen molar-refractivity contribution in [2.45, 2.75) is 38.3 Å². The summed E-state index contributed by atoms with van der Waals surface area (Å²) in [6, 6.07) is 0.384. The molecule has 1 N–H and O–H groups in total. The molecule has 4 nitrogen and oxygen atoms in total. The molecule has 2 atom stereocenters. The van der Waals surface area contributed by atoms with Crippen molar-refractivity contribution in [3.05, 3.63) is 0 Å². The van der Waals surface area contributed by atoms with Gasteiger partial charge < -0.3 is 10.1 Å². The molecule has 4 heteroatoms. The second kappa shape index (κ2) is 6.08. The third kappa shape index (κ3) is 3.47. The Balaban J connectivity index is 2.46. The van der Waals surface area contributed by atoms with Crippen LogP contribution in [0.4, 0.5) is 0 Å². The quantitative estimate of drug-likeness (QED) is 0.697. The minimum atomic E-state index is -0.199. The zero-order valence-corrected chi connectivity index (χ0v) is 9.95. The van der Waals surface area contributed by atoms with Crippen molar-refractivity contribution in [3.63, 3.8) is 0 Å². The predicted molar refractivity (Wildman–Crippen MR) is 59.7 cm³/mol. The Morgan fingerprint density at radius 2 is 2.33 bits per heavy atom. The van der Waals surface area contributed by atoms with E-state index in [1.165, 1.54) is 26.4 Å². The molecule has 0 spiro atoms. The summed E-state index contributed by atoms with van der Waals surface area (Å²) in [5.41, 5.74) is 0. The number of hydrogen-bond donors (Lipinski definition) is 1. The molecule has 1 aliphatic heterocycles. The second-order valence-electron chi connectivity index (χ2n) is 4.20. The van der Waals surface area contributed by atoms with Crippen LogP contribution in [0.2, 0.25) is 0 Å². The molecule has 0 radical (unpaired) electrons. The first kappa shape index (κ1) is 12.5. The van der Waals surface area contributed by atoms with Gasteiger partial charge in [0, 0.05) is 12.6 Å². The predicted octanol–water partition coefficient (Wildman–Crippen LogP) is 0.622. The first-order chi connectivity index (χ1) is 7.19. The molecule has 1 saturated heterocycles. The van der Waals surface area contributed by atoms with Crippen LogP contribution >= 0.6 is 0 Å². The maximum absolute atomic E-state index is 11.4. The summed E-state index contributed by atoms with van der Waals surface area (Å²) >= 11 is 0. The van der Waals surface area contributed by atoms with E-state index in [1.54, 1.807) is 7.05 Å². The van der Waals surface area contributed by atoms with E-state index in [0.717, 1.165) is 13.1 Å². The van der Waals surface area contributed by atoms with E-state index in [2.05, 4.69) is 17.1 Å². The molecule has 0 aromatic carbocycles. The molecule has 0 saturated carbocycles. The molecule has 1 rings (SSSR count). The van der Waals surface area contributed by atoms with E-state index in [9.17, 15) is 4.79 Å². The Hall–Kier alpha value is -0.610. The second-order valence-corrected chi connectivity index (χ2v) is 4.20. The number of likely N-dealkylation sites (N-methyl/N-ethyl adjacent to an activating group) is 1. The summed E-state index contributed by atoms with van der Waals surface area (Å²) in [7, 11) is 3.24. The lowest BCUT2D eigenvalue weighted by Gasteiger charge is -2.35. The number of carbonyl (C=O) groups is 1. The zero-order chi connectivity index (χ0) is 11.3. The summed E-state index contributed by atoms with van der Waals surface area (Å²) in [4.78, 5) is 13.8. The van der Waals surface area contributed by atoms with Crippen LogP contribution in [-0.4, -0.2) is 50.2 Å². The third-order valence-corrected chi connectivity index (χ3v) is 3.19. The molecular weight excluding hydrogens is 192 g/mol. The van der Waals surface area contributed by atoms with Gasteiger partial charge in [0.1, 0.15) is 6.04 Å². The summed E-state index contributed by atoms with van der Waals surface area (Å²) in [6.45, 7) is 4.07. The highest BCUT2D eigenvalue weighted by Crippen LogP contribution is 2.16. The Morgan fingerprint density at radius 1 is 1.60 bits per heavy atom. The van der Waals surface area contributed by atoms with Crippen molar-refractivity contribution in [2.24, 2.45) is 0 Å². The molecule has 0 aromatic rings. The smallest absolute Gasteiger partial charge is 0.324 e. The molecule has 88 valence electrons. The Labute approximate surface area is 92.0 Å². The number of esters is 1. The maximum atomic E-state index is 11.4. The number of piperidine rings is 1. The number of methoxy groups -OCH3 is 1. The monoisotopic (exact) mass is 214 g/mol. The summed E-state index contributed by atoms with van der Waals surface area (Å²) < 4.78 is 4.75. The van der Waals surface area contributed by atoms with E-state index in [1.807, 2.05) is 0 Å². The number of likely N-dealkylation sites (tertiary alicyclic amines) is 1.